The number of amides is 2. The summed E-state index contributed by atoms with van der Waals surface area (Å²) in [5.74, 6) is -2.31. The summed E-state index contributed by atoms with van der Waals surface area (Å²) in [4.78, 5) is 34.1. The number of carboxylic acids is 1. The van der Waals surface area contributed by atoms with E-state index in [9.17, 15) is 14.4 Å². The lowest BCUT2D eigenvalue weighted by Crippen LogP contribution is -2.49. The first kappa shape index (κ1) is 18.0. The van der Waals surface area contributed by atoms with Gasteiger partial charge in [-0.25, -0.2) is 4.79 Å². The minimum absolute atomic E-state index is 0.0391. The lowest BCUT2D eigenvalue weighted by Gasteiger charge is -2.14. The third-order valence-corrected chi connectivity index (χ3v) is 3.24. The maximum absolute atomic E-state index is 11.8. The number of aliphatic carboxylic acids is 1. The first-order valence-corrected chi connectivity index (χ1v) is 7.27. The Morgan fingerprint density at radius 2 is 1.86 bits per heavy atom. The second kappa shape index (κ2) is 9.06. The molecule has 0 aliphatic heterocycles. The maximum atomic E-state index is 11.8. The molecule has 0 heterocycles. The number of carboxylic acid groups (broad SMARTS) is 1. The Morgan fingerprint density at radius 3 is 2.41 bits per heavy atom. The summed E-state index contributed by atoms with van der Waals surface area (Å²) in [6.07, 6.45) is 0.350. The molecular weight excluding hydrogens is 306 g/mol. The summed E-state index contributed by atoms with van der Waals surface area (Å²) in [7, 11) is 0. The molecule has 0 aliphatic rings. The second-order valence-corrected chi connectivity index (χ2v) is 5.02. The fourth-order valence-corrected chi connectivity index (χ4v) is 1.94. The van der Waals surface area contributed by atoms with Gasteiger partial charge in [0.15, 0.2) is 0 Å². The zero-order valence-electron chi connectivity index (χ0n) is 11.9. The second-order valence-electron chi connectivity index (χ2n) is 4.65. The van der Waals surface area contributed by atoms with E-state index >= 15 is 0 Å². The van der Waals surface area contributed by atoms with Gasteiger partial charge >= 0.3 is 5.97 Å². The summed E-state index contributed by atoms with van der Waals surface area (Å²) in [6, 6.07) is 7.38. The predicted molar refractivity (Wildman–Crippen MR) is 84.6 cm³/mol. The predicted octanol–water partition coefficient (Wildman–Crippen LogP) is -0.828. The molecule has 0 spiro atoms. The van der Waals surface area contributed by atoms with Gasteiger partial charge in [-0.15, -0.1) is 0 Å². The molecule has 2 atom stereocenters. The van der Waals surface area contributed by atoms with Crippen LogP contribution >= 0.6 is 12.6 Å². The van der Waals surface area contributed by atoms with Crippen LogP contribution in [0.2, 0.25) is 0 Å². The van der Waals surface area contributed by atoms with Crippen molar-refractivity contribution in [3.63, 3.8) is 0 Å². The maximum Gasteiger partial charge on any atom is 0.327 e. The van der Waals surface area contributed by atoms with Gasteiger partial charge in [0.05, 0.1) is 12.6 Å². The van der Waals surface area contributed by atoms with Crippen molar-refractivity contribution in [1.82, 2.24) is 10.6 Å². The van der Waals surface area contributed by atoms with E-state index in [1.165, 1.54) is 0 Å². The van der Waals surface area contributed by atoms with Crippen LogP contribution in [0, 0.1) is 0 Å². The lowest BCUT2D eigenvalue weighted by molar-refractivity contribution is -0.141. The van der Waals surface area contributed by atoms with Crippen molar-refractivity contribution < 1.29 is 19.5 Å². The van der Waals surface area contributed by atoms with Crippen molar-refractivity contribution in [2.75, 3.05) is 12.3 Å². The normalized spacial score (nSPS) is 13.0. The van der Waals surface area contributed by atoms with Gasteiger partial charge in [0.2, 0.25) is 11.8 Å². The Morgan fingerprint density at radius 1 is 1.23 bits per heavy atom. The number of carbonyl (C=O) groups is 3. The molecule has 0 saturated carbocycles. The van der Waals surface area contributed by atoms with E-state index in [0.717, 1.165) is 5.56 Å². The van der Waals surface area contributed by atoms with Crippen molar-refractivity contribution in [2.45, 2.75) is 18.5 Å². The zero-order valence-corrected chi connectivity index (χ0v) is 12.8. The van der Waals surface area contributed by atoms with Gasteiger partial charge in [-0.1, -0.05) is 30.3 Å². The molecule has 0 saturated heterocycles. The molecule has 7 nitrogen and oxygen atoms in total. The molecule has 8 heteroatoms. The number of nitrogens with two attached hydrogens (primary N) is 1. The molecule has 1 rings (SSSR count). The van der Waals surface area contributed by atoms with Gasteiger partial charge < -0.3 is 21.5 Å². The van der Waals surface area contributed by atoms with Crippen LogP contribution in [-0.2, 0) is 20.8 Å². The van der Waals surface area contributed by atoms with Crippen LogP contribution in [0.15, 0.2) is 30.3 Å². The van der Waals surface area contributed by atoms with E-state index in [0.29, 0.717) is 6.42 Å². The smallest absolute Gasteiger partial charge is 0.327 e. The molecule has 1 aromatic rings. The van der Waals surface area contributed by atoms with Crippen molar-refractivity contribution in [3.05, 3.63) is 35.9 Å². The fraction of sp³-hybridized carbons (Fsp3) is 0.357. The quantitative estimate of drug-likeness (QED) is 0.400. The van der Waals surface area contributed by atoms with Gasteiger partial charge in [0, 0.05) is 5.75 Å². The van der Waals surface area contributed by atoms with E-state index in [-0.39, 0.29) is 12.3 Å². The molecule has 2 amide bonds. The largest absolute Gasteiger partial charge is 0.480 e. The zero-order chi connectivity index (χ0) is 16.5. The summed E-state index contributed by atoms with van der Waals surface area (Å²) < 4.78 is 0. The van der Waals surface area contributed by atoms with Crippen LogP contribution < -0.4 is 16.4 Å². The van der Waals surface area contributed by atoms with Crippen molar-refractivity contribution >= 4 is 30.4 Å². The number of nitrogens with one attached hydrogen (secondary N) is 2. The molecule has 0 radical (unpaired) electrons. The van der Waals surface area contributed by atoms with E-state index in [1.807, 2.05) is 30.3 Å². The Balaban J connectivity index is 2.38. The van der Waals surface area contributed by atoms with Crippen LogP contribution in [0.4, 0.5) is 0 Å². The first-order valence-electron chi connectivity index (χ1n) is 6.64. The van der Waals surface area contributed by atoms with E-state index < -0.39 is 29.9 Å². The van der Waals surface area contributed by atoms with Gasteiger partial charge in [0.1, 0.15) is 6.04 Å². The molecule has 0 aromatic heterocycles. The van der Waals surface area contributed by atoms with Crippen molar-refractivity contribution in [3.8, 4) is 0 Å². The minimum atomic E-state index is -1.18. The number of benzene rings is 1. The third kappa shape index (κ3) is 6.15. The number of hydrogen-bond donors (Lipinski definition) is 5. The molecular formula is C14H19N3O4S. The summed E-state index contributed by atoms with van der Waals surface area (Å²) in [6.45, 7) is -0.334. The Hall–Kier alpha value is -2.06. The SMILES string of the molecule is N[C@@H](Cc1ccccc1)C(=O)NCC(=O)N[C@@H](CS)C(=O)O. The highest BCUT2D eigenvalue weighted by Gasteiger charge is 2.19. The summed E-state index contributed by atoms with van der Waals surface area (Å²) >= 11 is 3.82. The standard InChI is InChI=1S/C14H19N3O4S/c15-10(6-9-4-2-1-3-5-9)13(19)16-7-12(18)17-11(8-22)14(20)21/h1-5,10-11,22H,6-8,15H2,(H,16,19)(H,17,18)(H,20,21)/t10-,11-/m0/s1. The number of thiol groups is 1. The molecule has 22 heavy (non-hydrogen) atoms. The van der Waals surface area contributed by atoms with Crippen LogP contribution in [-0.4, -0.2) is 47.3 Å². The lowest BCUT2D eigenvalue weighted by atomic mass is 10.1. The molecule has 0 unspecified atom stereocenters. The molecule has 1 aromatic carbocycles. The monoisotopic (exact) mass is 325 g/mol. The molecule has 0 fully saturated rings. The minimum Gasteiger partial charge on any atom is -0.480 e. The van der Waals surface area contributed by atoms with Gasteiger partial charge in [0.25, 0.3) is 0 Å². The molecule has 120 valence electrons. The average molecular weight is 325 g/mol. The number of carbonyl (C=O) groups excluding carboxylic acids is 2. The summed E-state index contributed by atoms with van der Waals surface area (Å²) in [5.41, 5.74) is 6.67. The molecule has 0 aliphatic carbocycles. The number of hydrogen-bond acceptors (Lipinski definition) is 5. The van der Waals surface area contributed by atoms with Crippen molar-refractivity contribution in [1.29, 1.82) is 0 Å². The highest BCUT2D eigenvalue weighted by atomic mass is 32.1. The van der Waals surface area contributed by atoms with Crippen molar-refractivity contribution in [2.24, 2.45) is 5.73 Å². The highest BCUT2D eigenvalue weighted by Crippen LogP contribution is 2.01. The summed E-state index contributed by atoms with van der Waals surface area (Å²) in [5, 5.41) is 13.4. The van der Waals surface area contributed by atoms with E-state index in [2.05, 4.69) is 23.3 Å². The third-order valence-electron chi connectivity index (χ3n) is 2.87. The highest BCUT2D eigenvalue weighted by molar-refractivity contribution is 7.80. The number of rotatable bonds is 8. The average Bonchev–Trinajstić information content (AvgIpc) is 2.50. The van der Waals surface area contributed by atoms with Crippen LogP contribution in [0.1, 0.15) is 5.56 Å². The van der Waals surface area contributed by atoms with Gasteiger partial charge in [-0.2, -0.15) is 12.6 Å². The topological polar surface area (TPSA) is 122 Å². The van der Waals surface area contributed by atoms with Crippen LogP contribution in [0.25, 0.3) is 0 Å². The Bertz CT molecular complexity index is 524. The Labute approximate surface area is 133 Å². The first-order chi connectivity index (χ1) is 10.4. The molecule has 5 N–H and O–H groups in total. The van der Waals surface area contributed by atoms with Gasteiger partial charge in [-0.05, 0) is 12.0 Å². The molecule has 0 bridgehead atoms. The van der Waals surface area contributed by atoms with Gasteiger partial charge in [-0.3, -0.25) is 9.59 Å². The fourth-order valence-electron chi connectivity index (χ4n) is 1.69. The van der Waals surface area contributed by atoms with Crippen LogP contribution in [0.5, 0.6) is 0 Å². The van der Waals surface area contributed by atoms with E-state index in [4.69, 9.17) is 10.8 Å². The Kier molecular flexibility index (Phi) is 7.41. The van der Waals surface area contributed by atoms with E-state index in [1.54, 1.807) is 0 Å². The van der Waals surface area contributed by atoms with Crippen LogP contribution in [0.3, 0.4) is 0 Å².